The molecule has 0 aromatic carbocycles. The summed E-state index contributed by atoms with van der Waals surface area (Å²) in [4.78, 5) is 27.5. The standard InChI is InChI=1S/C3HO3.Mo/c4-1-3(6)2-5;/h1H;/q-1;. The summed E-state index contributed by atoms with van der Waals surface area (Å²) in [6.45, 7) is 0. The molecule has 0 aliphatic rings. The Morgan fingerprint density at radius 2 is 2.00 bits per heavy atom. The van der Waals surface area contributed by atoms with Gasteiger partial charge in [-0.05, 0) is 0 Å². The SMILES string of the molecule is O=[C-]C(=O)C=O.[Mo]. The summed E-state index contributed by atoms with van der Waals surface area (Å²) in [7, 11) is 0. The van der Waals surface area contributed by atoms with E-state index < -0.39 is 5.78 Å². The molecule has 38 valence electrons. The van der Waals surface area contributed by atoms with Gasteiger partial charge < -0.3 is 14.4 Å². The van der Waals surface area contributed by atoms with Crippen molar-refractivity contribution in [3.05, 3.63) is 0 Å². The van der Waals surface area contributed by atoms with Crippen LogP contribution in [0.2, 0.25) is 0 Å². The van der Waals surface area contributed by atoms with Gasteiger partial charge in [-0.1, -0.05) is 0 Å². The van der Waals surface area contributed by atoms with Crippen LogP contribution in [0, 0.1) is 0 Å². The molecule has 0 aromatic rings. The third-order valence-corrected chi connectivity index (χ3v) is 0.208. The molecule has 4 heteroatoms. The number of hydrogen-bond donors (Lipinski definition) is 0. The van der Waals surface area contributed by atoms with E-state index >= 15 is 0 Å². The van der Waals surface area contributed by atoms with Crippen molar-refractivity contribution in [1.29, 1.82) is 0 Å². The van der Waals surface area contributed by atoms with Crippen molar-refractivity contribution >= 4 is 18.4 Å². The molecule has 0 heterocycles. The minimum atomic E-state index is -1.14. The van der Waals surface area contributed by atoms with Gasteiger partial charge >= 0.3 is 0 Å². The van der Waals surface area contributed by atoms with Crippen LogP contribution >= 0.6 is 0 Å². The van der Waals surface area contributed by atoms with Crippen LogP contribution in [0.15, 0.2) is 0 Å². The second-order valence-corrected chi connectivity index (χ2v) is 0.584. The summed E-state index contributed by atoms with van der Waals surface area (Å²) >= 11 is 0. The van der Waals surface area contributed by atoms with Crippen molar-refractivity contribution in [1.82, 2.24) is 0 Å². The smallest absolute Gasteiger partial charge is 0.0893 e. The molecule has 0 fully saturated rings. The second-order valence-electron chi connectivity index (χ2n) is 0.584. The Balaban J connectivity index is 0. The first kappa shape index (κ1) is 9.85. The van der Waals surface area contributed by atoms with Gasteiger partial charge in [-0.3, -0.25) is 0 Å². The summed E-state index contributed by atoms with van der Waals surface area (Å²) in [6.07, 6.45) is 0.767. The Bertz CT molecular complexity index is 78.2. The minimum absolute atomic E-state index is 0. The first-order valence-electron chi connectivity index (χ1n) is 1.18. The van der Waals surface area contributed by atoms with Crippen LogP contribution in [0.3, 0.4) is 0 Å². The molecule has 0 aromatic heterocycles. The van der Waals surface area contributed by atoms with Crippen molar-refractivity contribution in [2.75, 3.05) is 0 Å². The summed E-state index contributed by atoms with van der Waals surface area (Å²) in [5, 5.41) is 0. The van der Waals surface area contributed by atoms with Gasteiger partial charge in [0, 0.05) is 33.6 Å². The van der Waals surface area contributed by atoms with Gasteiger partial charge in [-0.25, -0.2) is 0 Å². The third kappa shape index (κ3) is 5.70. The molecule has 7 heavy (non-hydrogen) atoms. The van der Waals surface area contributed by atoms with Crippen LogP contribution in [-0.4, -0.2) is 18.4 Å². The van der Waals surface area contributed by atoms with E-state index in [1.807, 2.05) is 0 Å². The molecule has 0 atom stereocenters. The van der Waals surface area contributed by atoms with Crippen LogP contribution in [0.5, 0.6) is 0 Å². The Morgan fingerprint density at radius 3 is 2.00 bits per heavy atom. The van der Waals surface area contributed by atoms with Gasteiger partial charge in [0.1, 0.15) is 0 Å². The predicted molar refractivity (Wildman–Crippen MR) is 16.8 cm³/mol. The number of carbonyl (C=O) groups excluding carboxylic acids is 3. The summed E-state index contributed by atoms with van der Waals surface area (Å²) in [5.74, 6) is -1.14. The molecule has 0 radical (unpaired) electrons. The monoisotopic (exact) mass is 183 g/mol. The second kappa shape index (κ2) is 5.70. The number of rotatable bonds is 2. The van der Waals surface area contributed by atoms with Crippen LogP contribution in [-0.2, 0) is 35.4 Å². The molecule has 0 rings (SSSR count). The van der Waals surface area contributed by atoms with Crippen LogP contribution in [0.4, 0.5) is 0 Å². The fourth-order valence-corrected chi connectivity index (χ4v) is 0.0241. The third-order valence-electron chi connectivity index (χ3n) is 0.208. The van der Waals surface area contributed by atoms with Gasteiger partial charge in [-0.2, -0.15) is 0 Å². The van der Waals surface area contributed by atoms with E-state index in [1.165, 1.54) is 0 Å². The van der Waals surface area contributed by atoms with E-state index in [1.54, 1.807) is 0 Å². The fraction of sp³-hybridized carbons (Fsp3) is 0. The molecule has 0 saturated heterocycles. The molecule has 3 nitrogen and oxygen atoms in total. The summed E-state index contributed by atoms with van der Waals surface area (Å²) < 4.78 is 0. The molecular weight excluding hydrogens is 180 g/mol. The van der Waals surface area contributed by atoms with Gasteiger partial charge in [0.25, 0.3) is 0 Å². The van der Waals surface area contributed by atoms with E-state index in [2.05, 4.69) is 0 Å². The Kier molecular flexibility index (Phi) is 8.02. The van der Waals surface area contributed by atoms with E-state index in [0.717, 1.165) is 6.29 Å². The molecule has 0 N–H and O–H groups in total. The van der Waals surface area contributed by atoms with E-state index in [9.17, 15) is 4.79 Å². The van der Waals surface area contributed by atoms with E-state index in [4.69, 9.17) is 9.59 Å². The molecule has 0 bridgehead atoms. The number of carbonyl (C=O) groups is 2. The number of Topliss-reactive ketones (excluding diaryl/α,β-unsaturated/α-hetero) is 1. The zero-order chi connectivity index (χ0) is 4.99. The van der Waals surface area contributed by atoms with Crippen LogP contribution in [0.1, 0.15) is 0 Å². The van der Waals surface area contributed by atoms with Crippen LogP contribution < -0.4 is 0 Å². The summed E-state index contributed by atoms with van der Waals surface area (Å²) in [5.41, 5.74) is 0. The molecule has 0 spiro atoms. The average Bonchev–Trinajstić information content (AvgIpc) is 1.65. The molecule has 0 saturated carbocycles. The van der Waals surface area contributed by atoms with E-state index in [-0.39, 0.29) is 27.4 Å². The van der Waals surface area contributed by atoms with Gasteiger partial charge in [0.2, 0.25) is 0 Å². The zero-order valence-electron chi connectivity index (χ0n) is 3.21. The Labute approximate surface area is 54.3 Å². The molecule has 0 aliphatic heterocycles. The van der Waals surface area contributed by atoms with Gasteiger partial charge in [0.15, 0.2) is 0 Å². The van der Waals surface area contributed by atoms with Crippen LogP contribution in [0.25, 0.3) is 0 Å². The maximum atomic E-state index is 9.39. The minimum Gasteiger partial charge on any atom is -0.415 e. The van der Waals surface area contributed by atoms with Gasteiger partial charge in [-0.15, -0.1) is 0 Å². The van der Waals surface area contributed by atoms with E-state index in [0.29, 0.717) is 0 Å². The zero-order valence-corrected chi connectivity index (χ0v) is 5.22. The predicted octanol–water partition coefficient (Wildman–Crippen LogP) is -1.14. The first-order chi connectivity index (χ1) is 2.81. The molecule has 0 aliphatic carbocycles. The Morgan fingerprint density at radius 1 is 1.57 bits per heavy atom. The maximum Gasteiger partial charge on any atom is 0.0893 e. The topological polar surface area (TPSA) is 51.2 Å². The van der Waals surface area contributed by atoms with Crippen molar-refractivity contribution in [3.8, 4) is 0 Å². The number of hydrogen-bond acceptors (Lipinski definition) is 3. The van der Waals surface area contributed by atoms with Gasteiger partial charge in [0.05, 0.1) is 5.78 Å². The summed E-state index contributed by atoms with van der Waals surface area (Å²) in [6, 6.07) is 0. The van der Waals surface area contributed by atoms with Crippen molar-refractivity contribution < 1.29 is 35.4 Å². The first-order valence-corrected chi connectivity index (χ1v) is 1.18. The molecule has 0 unspecified atom stereocenters. The maximum absolute atomic E-state index is 9.39. The number of ketones is 1. The quantitative estimate of drug-likeness (QED) is 0.178. The fourth-order valence-electron chi connectivity index (χ4n) is 0.0241. The average molecular weight is 181 g/mol. The number of aldehydes is 1. The molecule has 0 amide bonds. The Hall–Kier alpha value is -0.302. The van der Waals surface area contributed by atoms with Crippen molar-refractivity contribution in [2.24, 2.45) is 0 Å². The largest absolute Gasteiger partial charge is 0.415 e. The normalized spacial score (nSPS) is 5.71. The van der Waals surface area contributed by atoms with Crippen molar-refractivity contribution in [2.45, 2.75) is 0 Å². The molecular formula is C3HMoO3-. The van der Waals surface area contributed by atoms with Crippen molar-refractivity contribution in [3.63, 3.8) is 0 Å².